The van der Waals surface area contributed by atoms with Gasteiger partial charge in [-0.15, -0.1) is 0 Å². The SMILES string of the molecule is C=C/C=C\C1=C(C)N(/C(=C/N)c2cc(OC)c(OC)cc2N)CC1.CC. The van der Waals surface area contributed by atoms with E-state index in [1.54, 1.807) is 32.6 Å². The predicted molar refractivity (Wildman–Crippen MR) is 111 cm³/mol. The second kappa shape index (κ2) is 10.2. The Bertz CT molecular complexity index is 718. The molecule has 4 N–H and O–H groups in total. The van der Waals surface area contributed by atoms with Crippen LogP contribution in [0.3, 0.4) is 0 Å². The van der Waals surface area contributed by atoms with Gasteiger partial charge in [0.05, 0.1) is 19.9 Å². The largest absolute Gasteiger partial charge is 0.493 e. The first-order valence-corrected chi connectivity index (χ1v) is 8.77. The molecule has 142 valence electrons. The van der Waals surface area contributed by atoms with Crippen LogP contribution in [0.15, 0.2) is 54.4 Å². The van der Waals surface area contributed by atoms with E-state index in [0.717, 1.165) is 29.9 Å². The molecule has 0 spiro atoms. The summed E-state index contributed by atoms with van der Waals surface area (Å²) < 4.78 is 10.7. The minimum Gasteiger partial charge on any atom is -0.493 e. The van der Waals surface area contributed by atoms with Gasteiger partial charge >= 0.3 is 0 Å². The number of benzene rings is 1. The van der Waals surface area contributed by atoms with E-state index in [4.69, 9.17) is 20.9 Å². The third-order valence-electron chi connectivity index (χ3n) is 4.19. The molecule has 0 bridgehead atoms. The number of nitrogens with zero attached hydrogens (tertiary/aromatic N) is 1. The number of anilines is 1. The number of rotatable bonds is 6. The van der Waals surface area contributed by atoms with Crippen LogP contribution < -0.4 is 20.9 Å². The summed E-state index contributed by atoms with van der Waals surface area (Å²) in [6.07, 6.45) is 8.32. The number of hydrogen-bond donors (Lipinski definition) is 2. The second-order valence-electron chi connectivity index (χ2n) is 5.45. The van der Waals surface area contributed by atoms with Crippen LogP contribution in [0.25, 0.3) is 5.70 Å². The van der Waals surface area contributed by atoms with Gasteiger partial charge in [0.25, 0.3) is 0 Å². The molecular formula is C21H31N3O2. The Morgan fingerprint density at radius 2 is 1.81 bits per heavy atom. The second-order valence-corrected chi connectivity index (χ2v) is 5.45. The summed E-state index contributed by atoms with van der Waals surface area (Å²) in [5.41, 5.74) is 16.8. The Morgan fingerprint density at radius 1 is 1.19 bits per heavy atom. The highest BCUT2D eigenvalue weighted by molar-refractivity contribution is 5.78. The van der Waals surface area contributed by atoms with Crippen molar-refractivity contribution in [1.82, 2.24) is 4.90 Å². The van der Waals surface area contributed by atoms with Crippen molar-refractivity contribution in [3.05, 3.63) is 60.0 Å². The number of hydrogen-bond acceptors (Lipinski definition) is 5. The summed E-state index contributed by atoms with van der Waals surface area (Å²) in [4.78, 5) is 2.17. The summed E-state index contributed by atoms with van der Waals surface area (Å²) in [5, 5.41) is 0. The van der Waals surface area contributed by atoms with Gasteiger partial charge in [-0.1, -0.05) is 38.7 Å². The average Bonchev–Trinajstić information content (AvgIpc) is 3.03. The van der Waals surface area contributed by atoms with E-state index >= 15 is 0 Å². The maximum Gasteiger partial charge on any atom is 0.162 e. The standard InChI is InChI=1S/C19H25N3O2.C2H6/c1-5-6-7-14-8-9-22(13(14)2)17(12-20)15-10-18(23-3)19(24-4)11-16(15)21;1-2/h5-7,10-12H,1,8-9,20-21H2,2-4H3;1-2H3/b7-6-,17-12+;. The Balaban J connectivity index is 0.00000163. The maximum absolute atomic E-state index is 6.22. The first-order chi connectivity index (χ1) is 12.6. The van der Waals surface area contributed by atoms with Crippen LogP contribution in [-0.2, 0) is 0 Å². The molecule has 0 saturated heterocycles. The summed E-state index contributed by atoms with van der Waals surface area (Å²) in [6, 6.07) is 3.61. The molecule has 0 fully saturated rings. The Morgan fingerprint density at radius 3 is 2.35 bits per heavy atom. The smallest absolute Gasteiger partial charge is 0.162 e. The van der Waals surface area contributed by atoms with Crippen LogP contribution >= 0.6 is 0 Å². The number of nitrogen functional groups attached to an aromatic ring is 1. The minimum atomic E-state index is 0.590. The van der Waals surface area contributed by atoms with Crippen molar-refractivity contribution in [2.24, 2.45) is 5.73 Å². The van der Waals surface area contributed by atoms with Crippen LogP contribution in [0.1, 0.15) is 32.8 Å². The lowest BCUT2D eigenvalue weighted by Crippen LogP contribution is -2.19. The highest BCUT2D eigenvalue weighted by Crippen LogP contribution is 2.39. The van der Waals surface area contributed by atoms with Crippen molar-refractivity contribution >= 4 is 11.4 Å². The fourth-order valence-electron chi connectivity index (χ4n) is 2.89. The molecule has 5 nitrogen and oxygen atoms in total. The van der Waals surface area contributed by atoms with Gasteiger partial charge in [-0.2, -0.15) is 0 Å². The van der Waals surface area contributed by atoms with Crippen molar-refractivity contribution in [2.45, 2.75) is 27.2 Å². The van der Waals surface area contributed by atoms with Crippen molar-refractivity contribution in [3.63, 3.8) is 0 Å². The normalized spacial score (nSPS) is 14.3. The monoisotopic (exact) mass is 357 g/mol. The number of ether oxygens (including phenoxy) is 2. The van der Waals surface area contributed by atoms with Crippen molar-refractivity contribution in [1.29, 1.82) is 0 Å². The first-order valence-electron chi connectivity index (χ1n) is 8.77. The minimum absolute atomic E-state index is 0.590. The molecule has 0 unspecified atom stereocenters. The molecule has 0 atom stereocenters. The molecule has 0 amide bonds. The highest BCUT2D eigenvalue weighted by Gasteiger charge is 2.23. The zero-order valence-electron chi connectivity index (χ0n) is 16.5. The maximum atomic E-state index is 6.22. The van der Waals surface area contributed by atoms with Gasteiger partial charge in [-0.25, -0.2) is 0 Å². The molecule has 26 heavy (non-hydrogen) atoms. The summed E-state index contributed by atoms with van der Waals surface area (Å²) in [6.45, 7) is 10.6. The molecule has 0 radical (unpaired) electrons. The van der Waals surface area contributed by atoms with Crippen LogP contribution in [0.2, 0.25) is 0 Å². The lowest BCUT2D eigenvalue weighted by Gasteiger charge is -2.25. The van der Waals surface area contributed by atoms with Gasteiger partial charge in [0, 0.05) is 35.8 Å². The van der Waals surface area contributed by atoms with Crippen molar-refractivity contribution < 1.29 is 9.47 Å². The molecule has 1 heterocycles. The van der Waals surface area contributed by atoms with E-state index in [1.165, 1.54) is 5.57 Å². The summed E-state index contributed by atoms with van der Waals surface area (Å²) in [5.74, 6) is 1.21. The van der Waals surface area contributed by atoms with Gasteiger partial charge in [0.15, 0.2) is 11.5 Å². The molecule has 1 aromatic carbocycles. The molecule has 1 aliphatic rings. The van der Waals surface area contributed by atoms with Gasteiger partial charge in [-0.3, -0.25) is 0 Å². The van der Waals surface area contributed by atoms with Gasteiger partial charge < -0.3 is 25.8 Å². The van der Waals surface area contributed by atoms with Crippen molar-refractivity contribution in [3.8, 4) is 11.5 Å². The highest BCUT2D eigenvalue weighted by atomic mass is 16.5. The summed E-state index contributed by atoms with van der Waals surface area (Å²) >= 11 is 0. The predicted octanol–water partition coefficient (Wildman–Crippen LogP) is 4.29. The zero-order chi connectivity index (χ0) is 19.7. The van der Waals surface area contributed by atoms with Crippen LogP contribution in [-0.4, -0.2) is 25.7 Å². The van der Waals surface area contributed by atoms with Gasteiger partial charge in [0.2, 0.25) is 0 Å². The molecule has 0 aromatic heterocycles. The third kappa shape index (κ3) is 4.42. The summed E-state index contributed by atoms with van der Waals surface area (Å²) in [7, 11) is 3.19. The molecular weight excluding hydrogens is 326 g/mol. The first kappa shape index (κ1) is 21.2. The van der Waals surface area contributed by atoms with Crippen molar-refractivity contribution in [2.75, 3.05) is 26.5 Å². The molecule has 0 saturated carbocycles. The number of nitrogens with two attached hydrogens (primary N) is 2. The topological polar surface area (TPSA) is 73.7 Å². The van der Waals surface area contributed by atoms with E-state index in [1.807, 2.05) is 26.0 Å². The van der Waals surface area contributed by atoms with Crippen LogP contribution in [0.4, 0.5) is 5.69 Å². The fourth-order valence-corrected chi connectivity index (χ4v) is 2.89. The molecule has 1 aliphatic heterocycles. The number of allylic oxidation sites excluding steroid dienone is 4. The molecule has 0 aliphatic carbocycles. The lowest BCUT2D eigenvalue weighted by atomic mass is 10.1. The van der Waals surface area contributed by atoms with Gasteiger partial charge in [0.1, 0.15) is 0 Å². The average molecular weight is 357 g/mol. The number of methoxy groups -OCH3 is 2. The Hall–Kier alpha value is -2.82. The van der Waals surface area contributed by atoms with E-state index in [9.17, 15) is 0 Å². The van der Waals surface area contributed by atoms with E-state index in [2.05, 4.69) is 24.5 Å². The van der Waals surface area contributed by atoms with E-state index in [-0.39, 0.29) is 0 Å². The Kier molecular flexibility index (Phi) is 8.35. The molecule has 1 aromatic rings. The zero-order valence-corrected chi connectivity index (χ0v) is 16.5. The van der Waals surface area contributed by atoms with Crippen LogP contribution in [0.5, 0.6) is 11.5 Å². The van der Waals surface area contributed by atoms with Crippen LogP contribution in [0, 0.1) is 0 Å². The molecule has 5 heteroatoms. The fraction of sp³-hybridized carbons (Fsp3) is 0.333. The lowest BCUT2D eigenvalue weighted by molar-refractivity contribution is 0.355. The third-order valence-corrected chi connectivity index (χ3v) is 4.19. The molecule has 2 rings (SSSR count). The van der Waals surface area contributed by atoms with E-state index in [0.29, 0.717) is 17.2 Å². The Labute approximate surface area is 157 Å². The van der Waals surface area contributed by atoms with E-state index < -0.39 is 0 Å². The quantitative estimate of drug-likeness (QED) is 0.587. The van der Waals surface area contributed by atoms with Gasteiger partial charge in [-0.05, 0) is 25.0 Å².